The first-order chi connectivity index (χ1) is 37.3. The summed E-state index contributed by atoms with van der Waals surface area (Å²) in [6.07, 6.45) is 64.5. The molecule has 76 heavy (non-hydrogen) atoms. The van der Waals surface area contributed by atoms with Gasteiger partial charge in [0.25, 0.3) is 0 Å². The van der Waals surface area contributed by atoms with Crippen LogP contribution in [0.2, 0.25) is 0 Å². The van der Waals surface area contributed by atoms with E-state index in [1.54, 1.807) is 0 Å². The minimum atomic E-state index is -1.55. The smallest absolute Gasteiger partial charge is 0.220 e. The lowest BCUT2D eigenvalue weighted by Gasteiger charge is -2.40. The first-order valence-corrected chi connectivity index (χ1v) is 34.2. The van der Waals surface area contributed by atoms with Crippen LogP contribution < -0.4 is 5.32 Å². The summed E-state index contributed by atoms with van der Waals surface area (Å²) in [5.74, 6) is -0.134. The van der Waals surface area contributed by atoms with E-state index >= 15 is 0 Å². The van der Waals surface area contributed by atoms with Gasteiger partial charge in [0.2, 0.25) is 5.91 Å². The van der Waals surface area contributed by atoms with E-state index in [9.17, 15) is 30.3 Å². The second-order valence-electron chi connectivity index (χ2n) is 24.3. The molecule has 0 aromatic carbocycles. The molecule has 0 aromatic rings. The topological polar surface area (TPSA) is 149 Å². The van der Waals surface area contributed by atoms with Crippen molar-refractivity contribution in [3.63, 3.8) is 0 Å². The lowest BCUT2D eigenvalue weighted by atomic mass is 9.99. The van der Waals surface area contributed by atoms with Crippen molar-refractivity contribution < 1.29 is 39.8 Å². The van der Waals surface area contributed by atoms with E-state index < -0.39 is 49.5 Å². The number of hydrogen-bond acceptors (Lipinski definition) is 8. The molecule has 1 aliphatic rings. The molecule has 1 amide bonds. The molecular formula is C67H133NO8. The van der Waals surface area contributed by atoms with Crippen molar-refractivity contribution in [2.45, 2.75) is 410 Å². The average molecular weight is 1080 g/mol. The Kier molecular flexibility index (Phi) is 55.3. The predicted molar refractivity (Wildman–Crippen MR) is 323 cm³/mol. The van der Waals surface area contributed by atoms with Gasteiger partial charge >= 0.3 is 0 Å². The molecule has 0 spiro atoms. The van der Waals surface area contributed by atoms with E-state index in [-0.39, 0.29) is 12.5 Å². The Hall–Kier alpha value is -0.810. The van der Waals surface area contributed by atoms with Crippen molar-refractivity contribution in [2.24, 2.45) is 0 Å². The third kappa shape index (κ3) is 45.9. The molecule has 1 aliphatic heterocycles. The molecule has 9 nitrogen and oxygen atoms in total. The first-order valence-electron chi connectivity index (χ1n) is 34.2. The molecule has 7 atom stereocenters. The zero-order chi connectivity index (χ0) is 55.0. The molecule has 1 saturated heterocycles. The van der Waals surface area contributed by atoms with Crippen LogP contribution in [0.5, 0.6) is 0 Å². The van der Waals surface area contributed by atoms with Gasteiger partial charge < -0.3 is 40.3 Å². The highest BCUT2D eigenvalue weighted by Crippen LogP contribution is 2.24. The van der Waals surface area contributed by atoms with Crippen LogP contribution in [0.3, 0.4) is 0 Å². The Balaban J connectivity index is 2.10. The minimum absolute atomic E-state index is 0.130. The summed E-state index contributed by atoms with van der Waals surface area (Å²) in [4.78, 5) is 13.1. The van der Waals surface area contributed by atoms with Crippen molar-refractivity contribution in [1.82, 2.24) is 5.32 Å². The molecular weight excluding hydrogens is 947 g/mol. The molecule has 1 heterocycles. The van der Waals surface area contributed by atoms with Gasteiger partial charge in [0.1, 0.15) is 24.4 Å². The fourth-order valence-corrected chi connectivity index (χ4v) is 11.6. The summed E-state index contributed by atoms with van der Waals surface area (Å²) in [5, 5.41) is 54.9. The van der Waals surface area contributed by atoms with Crippen LogP contribution in [-0.4, -0.2) is 87.5 Å². The van der Waals surface area contributed by atoms with Crippen LogP contribution >= 0.6 is 0 Å². The van der Waals surface area contributed by atoms with Crippen molar-refractivity contribution in [2.75, 3.05) is 13.2 Å². The molecule has 0 radical (unpaired) electrons. The third-order valence-electron chi connectivity index (χ3n) is 17.0. The van der Waals surface area contributed by atoms with Gasteiger partial charge in [-0.05, 0) is 12.8 Å². The number of aliphatic hydroxyl groups excluding tert-OH is 5. The van der Waals surface area contributed by atoms with Gasteiger partial charge in [-0.3, -0.25) is 4.79 Å². The standard InChI is InChI=1S/C67H133NO8/c1-3-5-7-9-11-13-15-17-19-21-23-25-27-28-29-30-31-32-33-35-36-38-40-42-44-46-48-50-52-54-56-61(70)60(59-75-67-66(74)65(73)64(72)62(58-69)76-67)68-63(71)57-55-53-51-49-47-45-43-41-39-37-34-26-24-22-20-18-16-14-12-10-8-6-4-2/h60-62,64-67,69-70,72-74H,3-59H2,1-2H3,(H,68,71). The lowest BCUT2D eigenvalue weighted by Crippen LogP contribution is -2.60. The second-order valence-corrected chi connectivity index (χ2v) is 24.3. The number of unbranched alkanes of at least 4 members (excludes halogenated alkanes) is 51. The fourth-order valence-electron chi connectivity index (χ4n) is 11.6. The average Bonchev–Trinajstić information content (AvgIpc) is 3.42. The summed E-state index contributed by atoms with van der Waals surface area (Å²) in [5.41, 5.74) is 0. The Morgan fingerprint density at radius 2 is 0.658 bits per heavy atom. The molecule has 0 aromatic heterocycles. The van der Waals surface area contributed by atoms with E-state index in [0.717, 1.165) is 38.5 Å². The summed E-state index contributed by atoms with van der Waals surface area (Å²) < 4.78 is 11.4. The molecule has 1 fully saturated rings. The van der Waals surface area contributed by atoms with E-state index in [0.29, 0.717) is 12.8 Å². The number of ether oxygens (including phenoxy) is 2. The fraction of sp³-hybridized carbons (Fsp3) is 0.985. The van der Waals surface area contributed by atoms with Gasteiger partial charge in [0.05, 0.1) is 25.4 Å². The zero-order valence-electron chi connectivity index (χ0n) is 50.8. The van der Waals surface area contributed by atoms with E-state index in [1.807, 2.05) is 0 Å². The Morgan fingerprint density at radius 1 is 0.395 bits per heavy atom. The van der Waals surface area contributed by atoms with Gasteiger partial charge in [-0.2, -0.15) is 0 Å². The van der Waals surface area contributed by atoms with Crippen molar-refractivity contribution >= 4 is 5.91 Å². The number of hydrogen-bond donors (Lipinski definition) is 6. The highest BCUT2D eigenvalue weighted by Gasteiger charge is 2.44. The number of nitrogens with one attached hydrogen (secondary N) is 1. The monoisotopic (exact) mass is 1080 g/mol. The minimum Gasteiger partial charge on any atom is -0.394 e. The van der Waals surface area contributed by atoms with E-state index in [1.165, 1.54) is 302 Å². The zero-order valence-corrected chi connectivity index (χ0v) is 50.8. The molecule has 7 unspecified atom stereocenters. The van der Waals surface area contributed by atoms with Gasteiger partial charge in [-0.1, -0.05) is 348 Å². The first kappa shape index (κ1) is 73.2. The summed E-state index contributed by atoms with van der Waals surface area (Å²) in [6, 6.07) is -0.715. The molecule has 0 saturated carbocycles. The van der Waals surface area contributed by atoms with Crippen LogP contribution in [0, 0.1) is 0 Å². The SMILES string of the molecule is CCCCCCCCCCCCCCCCCCCCCCCCCCCCCCCCC(O)C(COC1OC(CO)C(O)C(O)C1O)NC(=O)CCCCCCCCCCCCCCCCCCCCCCCCC. The van der Waals surface area contributed by atoms with Gasteiger partial charge in [0.15, 0.2) is 6.29 Å². The molecule has 9 heteroatoms. The summed E-state index contributed by atoms with van der Waals surface area (Å²) in [6.45, 7) is 3.91. The quantitative estimate of drug-likeness (QED) is 0.0330. The van der Waals surface area contributed by atoms with Crippen LogP contribution in [0.25, 0.3) is 0 Å². The maximum atomic E-state index is 13.1. The summed E-state index contributed by atoms with van der Waals surface area (Å²) in [7, 11) is 0. The largest absolute Gasteiger partial charge is 0.394 e. The molecule has 6 N–H and O–H groups in total. The molecule has 0 bridgehead atoms. The van der Waals surface area contributed by atoms with E-state index in [2.05, 4.69) is 19.2 Å². The number of carbonyl (C=O) groups is 1. The van der Waals surface area contributed by atoms with Gasteiger partial charge in [-0.25, -0.2) is 0 Å². The third-order valence-corrected chi connectivity index (χ3v) is 17.0. The Morgan fingerprint density at radius 3 is 0.934 bits per heavy atom. The molecule has 0 aliphatic carbocycles. The maximum Gasteiger partial charge on any atom is 0.220 e. The summed E-state index contributed by atoms with van der Waals surface area (Å²) >= 11 is 0. The van der Waals surface area contributed by atoms with Crippen LogP contribution in [0.4, 0.5) is 0 Å². The van der Waals surface area contributed by atoms with Gasteiger partial charge in [-0.15, -0.1) is 0 Å². The molecule has 454 valence electrons. The van der Waals surface area contributed by atoms with Crippen LogP contribution in [0.1, 0.15) is 367 Å². The highest BCUT2D eigenvalue weighted by molar-refractivity contribution is 5.76. The van der Waals surface area contributed by atoms with Crippen LogP contribution in [-0.2, 0) is 14.3 Å². The van der Waals surface area contributed by atoms with Crippen LogP contribution in [0.15, 0.2) is 0 Å². The maximum absolute atomic E-state index is 13.1. The Bertz CT molecular complexity index is 1160. The number of rotatable bonds is 61. The van der Waals surface area contributed by atoms with E-state index in [4.69, 9.17) is 9.47 Å². The molecule has 1 rings (SSSR count). The highest BCUT2D eigenvalue weighted by atomic mass is 16.7. The predicted octanol–water partition coefficient (Wildman–Crippen LogP) is 18.1. The number of carbonyl (C=O) groups excluding carboxylic acids is 1. The Labute approximate surface area is 472 Å². The second kappa shape index (κ2) is 57.4. The van der Waals surface area contributed by atoms with Gasteiger partial charge in [0, 0.05) is 6.42 Å². The van der Waals surface area contributed by atoms with Crippen molar-refractivity contribution in [1.29, 1.82) is 0 Å². The van der Waals surface area contributed by atoms with Crippen molar-refractivity contribution in [3.8, 4) is 0 Å². The number of aliphatic hydroxyl groups is 5. The normalized spacial score (nSPS) is 18.6. The lowest BCUT2D eigenvalue weighted by molar-refractivity contribution is -0.302. The number of amides is 1. The van der Waals surface area contributed by atoms with Crippen molar-refractivity contribution in [3.05, 3.63) is 0 Å².